The van der Waals surface area contributed by atoms with E-state index in [-0.39, 0.29) is 18.7 Å². The Morgan fingerprint density at radius 3 is 2.48 bits per heavy atom. The van der Waals surface area contributed by atoms with Gasteiger partial charge in [0.2, 0.25) is 5.82 Å². The van der Waals surface area contributed by atoms with Crippen LogP contribution in [-0.4, -0.2) is 27.4 Å². The van der Waals surface area contributed by atoms with E-state index in [2.05, 4.69) is 20.9 Å². The Labute approximate surface area is 150 Å². The van der Waals surface area contributed by atoms with Crippen molar-refractivity contribution in [1.82, 2.24) is 9.55 Å². The summed E-state index contributed by atoms with van der Waals surface area (Å²) in [6, 6.07) is 13.2. The van der Waals surface area contributed by atoms with E-state index in [9.17, 15) is 18.3 Å². The quantitative estimate of drug-likeness (QED) is 0.678. The number of hydrogen-bond donors (Lipinski definition) is 1. The predicted molar refractivity (Wildman–Crippen MR) is 90.4 cm³/mol. The first-order chi connectivity index (χ1) is 11.8. The lowest BCUT2D eigenvalue weighted by Crippen LogP contribution is -2.26. The third kappa shape index (κ3) is 4.13. The van der Waals surface area contributed by atoms with Gasteiger partial charge in [-0.05, 0) is 36.4 Å². The Morgan fingerprint density at radius 1 is 1.12 bits per heavy atom. The van der Waals surface area contributed by atoms with E-state index in [0.29, 0.717) is 11.3 Å². The van der Waals surface area contributed by atoms with Crippen LogP contribution >= 0.6 is 15.9 Å². The molecule has 1 heterocycles. The summed E-state index contributed by atoms with van der Waals surface area (Å²) in [6.45, 7) is -0.405. The monoisotopic (exact) mass is 414 g/mol. The van der Waals surface area contributed by atoms with E-state index in [1.165, 1.54) is 6.07 Å². The number of nitrogens with zero attached hydrogens (tertiary/aromatic N) is 2. The second kappa shape index (κ2) is 7.05. The molecule has 0 aliphatic carbocycles. The van der Waals surface area contributed by atoms with E-state index in [1.807, 2.05) is 0 Å². The molecule has 2 aromatic carbocycles. The van der Waals surface area contributed by atoms with Crippen molar-refractivity contribution in [1.29, 1.82) is 0 Å². The fraction of sp³-hybridized carbons (Fsp3) is 0.235. The molecule has 4 nitrogen and oxygen atoms in total. The van der Waals surface area contributed by atoms with Crippen LogP contribution in [0.25, 0.3) is 11.0 Å². The van der Waals surface area contributed by atoms with Gasteiger partial charge in [0, 0.05) is 4.47 Å². The van der Waals surface area contributed by atoms with Crippen molar-refractivity contribution in [2.24, 2.45) is 0 Å². The number of halogens is 4. The highest BCUT2D eigenvalue weighted by atomic mass is 79.9. The number of aromatic nitrogens is 2. The zero-order valence-corrected chi connectivity index (χ0v) is 14.5. The Morgan fingerprint density at radius 2 is 1.80 bits per heavy atom. The number of hydrogen-bond acceptors (Lipinski definition) is 3. The summed E-state index contributed by atoms with van der Waals surface area (Å²) in [4.78, 5) is 3.65. The molecule has 0 amide bonds. The first-order valence-corrected chi connectivity index (χ1v) is 8.23. The molecule has 0 bridgehead atoms. The highest BCUT2D eigenvalue weighted by Crippen LogP contribution is 2.31. The molecule has 0 unspecified atom stereocenters. The number of fused-ring (bicyclic) bond motifs is 1. The van der Waals surface area contributed by atoms with Crippen molar-refractivity contribution in [3.05, 3.63) is 58.8 Å². The number of imidazole rings is 1. The first kappa shape index (κ1) is 17.8. The summed E-state index contributed by atoms with van der Waals surface area (Å²) in [6.07, 6.45) is -5.73. The van der Waals surface area contributed by atoms with Crippen LogP contribution in [0.5, 0.6) is 5.75 Å². The van der Waals surface area contributed by atoms with E-state index < -0.39 is 18.1 Å². The molecular weight excluding hydrogens is 401 g/mol. The highest BCUT2D eigenvalue weighted by Gasteiger charge is 2.37. The maximum Gasteiger partial charge on any atom is 0.449 e. The molecule has 1 atom stereocenters. The smallest absolute Gasteiger partial charge is 0.449 e. The average molecular weight is 415 g/mol. The summed E-state index contributed by atoms with van der Waals surface area (Å²) >= 11 is 3.29. The maximum absolute atomic E-state index is 13.2. The van der Waals surface area contributed by atoms with Crippen LogP contribution in [-0.2, 0) is 12.7 Å². The summed E-state index contributed by atoms with van der Waals surface area (Å²) in [5.74, 6) is -0.509. The number of rotatable bonds is 5. The van der Waals surface area contributed by atoms with Crippen LogP contribution in [0.3, 0.4) is 0 Å². The van der Waals surface area contributed by atoms with E-state index in [1.54, 1.807) is 42.5 Å². The summed E-state index contributed by atoms with van der Waals surface area (Å²) < 4.78 is 47.0. The standard InChI is InChI=1S/C17H14BrF3N2O2/c18-11-5-7-13(8-6-11)25-10-12(24)9-23-15-4-2-1-3-14(15)22-16(23)17(19,20)21/h1-8,12,24H,9-10H2/t12-/m0/s1. The molecule has 8 heteroatoms. The van der Waals surface area contributed by atoms with Crippen molar-refractivity contribution >= 4 is 27.0 Å². The molecule has 0 saturated heterocycles. The minimum Gasteiger partial charge on any atom is -0.491 e. The van der Waals surface area contributed by atoms with Crippen LogP contribution in [0.4, 0.5) is 13.2 Å². The van der Waals surface area contributed by atoms with Gasteiger partial charge in [-0.25, -0.2) is 4.98 Å². The molecule has 132 valence electrons. The Kier molecular flexibility index (Phi) is 5.01. The van der Waals surface area contributed by atoms with Gasteiger partial charge in [-0.3, -0.25) is 0 Å². The van der Waals surface area contributed by atoms with Crippen LogP contribution in [0.2, 0.25) is 0 Å². The minimum atomic E-state index is -4.61. The largest absolute Gasteiger partial charge is 0.491 e. The molecular formula is C17H14BrF3N2O2. The van der Waals surface area contributed by atoms with Gasteiger partial charge < -0.3 is 14.4 Å². The van der Waals surface area contributed by atoms with Gasteiger partial charge in [0.15, 0.2) is 0 Å². The molecule has 0 aliphatic heterocycles. The van der Waals surface area contributed by atoms with E-state index >= 15 is 0 Å². The third-order valence-electron chi connectivity index (χ3n) is 3.56. The Balaban J connectivity index is 1.78. The molecule has 0 spiro atoms. The van der Waals surface area contributed by atoms with Crippen LogP contribution in [0, 0.1) is 0 Å². The number of alkyl halides is 3. The van der Waals surface area contributed by atoms with Crippen molar-refractivity contribution in [2.75, 3.05) is 6.61 Å². The number of benzene rings is 2. The van der Waals surface area contributed by atoms with Gasteiger partial charge in [-0.2, -0.15) is 13.2 Å². The number of para-hydroxylation sites is 2. The number of aliphatic hydroxyl groups is 1. The zero-order chi connectivity index (χ0) is 18.0. The van der Waals surface area contributed by atoms with E-state index in [4.69, 9.17) is 4.74 Å². The number of ether oxygens (including phenoxy) is 1. The van der Waals surface area contributed by atoms with Gasteiger partial charge in [-0.1, -0.05) is 28.1 Å². The molecule has 25 heavy (non-hydrogen) atoms. The molecule has 0 aliphatic rings. The third-order valence-corrected chi connectivity index (χ3v) is 4.09. The van der Waals surface area contributed by atoms with E-state index in [0.717, 1.165) is 9.04 Å². The van der Waals surface area contributed by atoms with Gasteiger partial charge in [0.25, 0.3) is 0 Å². The maximum atomic E-state index is 13.2. The fourth-order valence-corrected chi connectivity index (χ4v) is 2.73. The second-order valence-corrected chi connectivity index (χ2v) is 6.37. The molecule has 3 aromatic rings. The normalized spacial score (nSPS) is 13.2. The minimum absolute atomic E-state index is 0.133. The van der Waals surface area contributed by atoms with Gasteiger partial charge >= 0.3 is 6.18 Å². The number of aliphatic hydroxyl groups excluding tert-OH is 1. The van der Waals surface area contributed by atoms with Crippen LogP contribution in [0.15, 0.2) is 53.0 Å². The molecule has 1 N–H and O–H groups in total. The van der Waals surface area contributed by atoms with Crippen molar-refractivity contribution in [3.63, 3.8) is 0 Å². The van der Waals surface area contributed by atoms with Crippen LogP contribution < -0.4 is 4.74 Å². The van der Waals surface area contributed by atoms with Gasteiger partial charge in [0.1, 0.15) is 18.5 Å². The lowest BCUT2D eigenvalue weighted by molar-refractivity contribution is -0.147. The SMILES string of the molecule is O[C@H](COc1ccc(Br)cc1)Cn1c(C(F)(F)F)nc2ccccc21. The van der Waals surface area contributed by atoms with Gasteiger partial charge in [-0.15, -0.1) is 0 Å². The van der Waals surface area contributed by atoms with Gasteiger partial charge in [0.05, 0.1) is 17.6 Å². The Hall–Kier alpha value is -2.06. The second-order valence-electron chi connectivity index (χ2n) is 5.45. The van der Waals surface area contributed by atoms with Crippen molar-refractivity contribution < 1.29 is 23.0 Å². The lowest BCUT2D eigenvalue weighted by Gasteiger charge is -2.16. The summed E-state index contributed by atoms with van der Waals surface area (Å²) in [5, 5.41) is 10.1. The molecule has 1 aromatic heterocycles. The molecule has 0 fully saturated rings. The zero-order valence-electron chi connectivity index (χ0n) is 12.9. The molecule has 0 radical (unpaired) electrons. The molecule has 3 rings (SSSR count). The highest BCUT2D eigenvalue weighted by molar-refractivity contribution is 9.10. The van der Waals surface area contributed by atoms with Crippen LogP contribution in [0.1, 0.15) is 5.82 Å². The lowest BCUT2D eigenvalue weighted by atomic mass is 10.3. The predicted octanol–water partition coefficient (Wildman–Crippen LogP) is 4.26. The summed E-state index contributed by atoms with van der Waals surface area (Å²) in [5.41, 5.74) is 0.549. The first-order valence-electron chi connectivity index (χ1n) is 7.43. The summed E-state index contributed by atoms with van der Waals surface area (Å²) in [7, 11) is 0. The average Bonchev–Trinajstić information content (AvgIpc) is 2.93. The Bertz CT molecular complexity index is 862. The van der Waals surface area contributed by atoms with Crippen molar-refractivity contribution in [3.8, 4) is 5.75 Å². The molecule has 0 saturated carbocycles. The fourth-order valence-electron chi connectivity index (χ4n) is 2.46. The topological polar surface area (TPSA) is 47.3 Å². The van der Waals surface area contributed by atoms with Crippen molar-refractivity contribution in [2.45, 2.75) is 18.8 Å².